The van der Waals surface area contributed by atoms with Gasteiger partial charge in [0.15, 0.2) is 0 Å². The molecular formula is C19H26BrN3O5. The van der Waals surface area contributed by atoms with E-state index in [1.165, 1.54) is 12.1 Å². The lowest BCUT2D eigenvalue weighted by Crippen LogP contribution is -2.58. The Balaban J connectivity index is 1.50. The van der Waals surface area contributed by atoms with Gasteiger partial charge in [0.25, 0.3) is 5.69 Å². The zero-order chi connectivity index (χ0) is 20.5. The van der Waals surface area contributed by atoms with E-state index >= 15 is 0 Å². The highest BCUT2D eigenvalue weighted by Crippen LogP contribution is 2.44. The van der Waals surface area contributed by atoms with Crippen molar-refractivity contribution in [2.45, 2.75) is 44.8 Å². The predicted molar refractivity (Wildman–Crippen MR) is 108 cm³/mol. The number of halogens is 1. The van der Waals surface area contributed by atoms with Gasteiger partial charge in [0.05, 0.1) is 14.9 Å². The molecule has 0 N–H and O–H groups in total. The maximum absolute atomic E-state index is 12.5. The Morgan fingerprint density at radius 1 is 1.32 bits per heavy atom. The molecule has 0 radical (unpaired) electrons. The van der Waals surface area contributed by atoms with Gasteiger partial charge in [0.1, 0.15) is 18.0 Å². The molecule has 0 unspecified atom stereocenters. The molecule has 154 valence electrons. The first-order chi connectivity index (χ1) is 13.1. The van der Waals surface area contributed by atoms with Gasteiger partial charge in [-0.25, -0.2) is 4.79 Å². The second kappa shape index (κ2) is 7.87. The Labute approximate surface area is 173 Å². The second-order valence-corrected chi connectivity index (χ2v) is 9.21. The van der Waals surface area contributed by atoms with Crippen LogP contribution >= 0.6 is 15.9 Å². The molecule has 0 aromatic heterocycles. The number of ether oxygens (including phenoxy) is 2. The SMILES string of the molecule is CC(C)(C)OC(=O)N1CCN(CCOc2ccc([N+](=O)[O-])cc2Br)CC12CC2. The number of hydrogen-bond acceptors (Lipinski definition) is 6. The topological polar surface area (TPSA) is 85.2 Å². The van der Waals surface area contributed by atoms with Crippen molar-refractivity contribution in [2.75, 3.05) is 32.8 Å². The molecule has 1 aliphatic heterocycles. The molecule has 1 aliphatic carbocycles. The van der Waals surface area contributed by atoms with Crippen LogP contribution in [0.2, 0.25) is 0 Å². The highest BCUT2D eigenvalue weighted by atomic mass is 79.9. The number of hydrogen-bond donors (Lipinski definition) is 0. The van der Waals surface area contributed by atoms with Gasteiger partial charge in [-0.2, -0.15) is 0 Å². The third-order valence-corrected chi connectivity index (χ3v) is 5.58. The summed E-state index contributed by atoms with van der Waals surface area (Å²) in [6.07, 6.45) is 1.77. The lowest BCUT2D eigenvalue weighted by Gasteiger charge is -2.42. The Kier molecular flexibility index (Phi) is 5.86. The fraction of sp³-hybridized carbons (Fsp3) is 0.632. The monoisotopic (exact) mass is 455 g/mol. The van der Waals surface area contributed by atoms with Gasteiger partial charge < -0.3 is 9.47 Å². The van der Waals surface area contributed by atoms with Crippen LogP contribution in [0.1, 0.15) is 33.6 Å². The number of carbonyl (C=O) groups is 1. The first-order valence-corrected chi connectivity index (χ1v) is 10.2. The average molecular weight is 456 g/mol. The summed E-state index contributed by atoms with van der Waals surface area (Å²) in [6.45, 7) is 9.09. The van der Waals surface area contributed by atoms with Gasteiger partial charge in [0.2, 0.25) is 0 Å². The van der Waals surface area contributed by atoms with E-state index < -0.39 is 10.5 Å². The summed E-state index contributed by atoms with van der Waals surface area (Å²) in [5, 5.41) is 10.8. The number of nitrogens with zero attached hydrogens (tertiary/aromatic N) is 3. The molecule has 2 fully saturated rings. The van der Waals surface area contributed by atoms with E-state index in [1.54, 1.807) is 6.07 Å². The van der Waals surface area contributed by atoms with Gasteiger partial charge >= 0.3 is 6.09 Å². The lowest BCUT2D eigenvalue weighted by molar-refractivity contribution is -0.385. The minimum absolute atomic E-state index is 0.0214. The number of amides is 1. The normalized spacial score (nSPS) is 18.8. The number of carbonyl (C=O) groups excluding carboxylic acids is 1. The van der Waals surface area contributed by atoms with Crippen LogP contribution in [0.15, 0.2) is 22.7 Å². The summed E-state index contributed by atoms with van der Waals surface area (Å²) in [7, 11) is 0. The van der Waals surface area contributed by atoms with E-state index in [0.29, 0.717) is 23.4 Å². The van der Waals surface area contributed by atoms with Crippen molar-refractivity contribution < 1.29 is 19.2 Å². The minimum Gasteiger partial charge on any atom is -0.491 e. The molecule has 1 aromatic rings. The zero-order valence-corrected chi connectivity index (χ0v) is 18.0. The van der Waals surface area contributed by atoms with Crippen molar-refractivity contribution in [2.24, 2.45) is 0 Å². The maximum atomic E-state index is 12.5. The lowest BCUT2D eigenvalue weighted by atomic mass is 10.1. The maximum Gasteiger partial charge on any atom is 0.410 e. The van der Waals surface area contributed by atoms with E-state index in [0.717, 1.165) is 32.5 Å². The van der Waals surface area contributed by atoms with Crippen molar-refractivity contribution >= 4 is 27.7 Å². The number of nitro groups is 1. The molecule has 9 heteroatoms. The Hall–Kier alpha value is -1.87. The predicted octanol–water partition coefficient (Wildman–Crippen LogP) is 3.82. The molecule has 8 nitrogen and oxygen atoms in total. The minimum atomic E-state index is -0.490. The summed E-state index contributed by atoms with van der Waals surface area (Å²) < 4.78 is 11.9. The van der Waals surface area contributed by atoms with Gasteiger partial charge in [-0.05, 0) is 55.6 Å². The Morgan fingerprint density at radius 3 is 2.61 bits per heavy atom. The molecular weight excluding hydrogens is 430 g/mol. The molecule has 1 amide bonds. The first-order valence-electron chi connectivity index (χ1n) is 9.39. The Bertz CT molecular complexity index is 760. The van der Waals surface area contributed by atoms with Crippen LogP contribution in [0, 0.1) is 10.1 Å². The van der Waals surface area contributed by atoms with Crippen molar-refractivity contribution in [1.82, 2.24) is 9.80 Å². The summed E-state index contributed by atoms with van der Waals surface area (Å²) in [5.41, 5.74) is -0.571. The van der Waals surface area contributed by atoms with Crippen LogP contribution < -0.4 is 4.74 Å². The quantitative estimate of drug-likeness (QED) is 0.495. The summed E-state index contributed by atoms with van der Waals surface area (Å²) in [6, 6.07) is 4.47. The van der Waals surface area contributed by atoms with Crippen molar-refractivity contribution in [3.05, 3.63) is 32.8 Å². The third-order valence-electron chi connectivity index (χ3n) is 4.96. The first kappa shape index (κ1) is 20.9. The number of piperazine rings is 1. The molecule has 1 aromatic carbocycles. The molecule has 3 rings (SSSR count). The van der Waals surface area contributed by atoms with Gasteiger partial charge in [-0.1, -0.05) is 0 Å². The number of benzene rings is 1. The van der Waals surface area contributed by atoms with Crippen LogP contribution in [0.3, 0.4) is 0 Å². The number of nitro benzene ring substituents is 1. The molecule has 0 atom stereocenters. The van der Waals surface area contributed by atoms with E-state index in [-0.39, 0.29) is 17.3 Å². The summed E-state index contributed by atoms with van der Waals surface area (Å²) in [4.78, 5) is 27.1. The number of rotatable bonds is 5. The van der Waals surface area contributed by atoms with Crippen molar-refractivity contribution in [3.63, 3.8) is 0 Å². The fourth-order valence-electron chi connectivity index (χ4n) is 3.43. The van der Waals surface area contributed by atoms with Crippen molar-refractivity contribution in [1.29, 1.82) is 0 Å². The van der Waals surface area contributed by atoms with E-state index in [2.05, 4.69) is 20.8 Å². The summed E-state index contributed by atoms with van der Waals surface area (Å²) >= 11 is 3.32. The Morgan fingerprint density at radius 2 is 2.04 bits per heavy atom. The molecule has 1 saturated carbocycles. The highest BCUT2D eigenvalue weighted by Gasteiger charge is 2.54. The van der Waals surface area contributed by atoms with Crippen LogP contribution in [0.25, 0.3) is 0 Å². The smallest absolute Gasteiger partial charge is 0.410 e. The third kappa shape index (κ3) is 4.94. The van der Waals surface area contributed by atoms with Gasteiger partial charge in [-0.3, -0.25) is 19.9 Å². The standard InChI is InChI=1S/C19H26BrN3O5/c1-18(2,3)28-17(24)22-9-8-21(13-19(22)6-7-19)10-11-27-16-5-4-14(23(25)26)12-15(16)20/h4-5,12H,6-11,13H2,1-3H3. The molecule has 1 heterocycles. The van der Waals surface area contributed by atoms with Crippen molar-refractivity contribution in [3.8, 4) is 5.75 Å². The van der Waals surface area contributed by atoms with E-state index in [4.69, 9.17) is 9.47 Å². The molecule has 0 bridgehead atoms. The van der Waals surface area contributed by atoms with Crippen LogP contribution in [0.4, 0.5) is 10.5 Å². The highest BCUT2D eigenvalue weighted by molar-refractivity contribution is 9.10. The molecule has 1 spiro atoms. The largest absolute Gasteiger partial charge is 0.491 e. The van der Waals surface area contributed by atoms with Crippen LogP contribution in [-0.4, -0.2) is 64.7 Å². The van der Waals surface area contributed by atoms with Crippen LogP contribution in [-0.2, 0) is 4.74 Å². The summed E-state index contributed by atoms with van der Waals surface area (Å²) in [5.74, 6) is 0.583. The van der Waals surface area contributed by atoms with Gasteiger partial charge in [0, 0.05) is 38.3 Å². The van der Waals surface area contributed by atoms with E-state index in [1.807, 2.05) is 25.7 Å². The van der Waals surface area contributed by atoms with Gasteiger partial charge in [-0.15, -0.1) is 0 Å². The number of non-ortho nitro benzene ring substituents is 1. The molecule has 2 aliphatic rings. The second-order valence-electron chi connectivity index (χ2n) is 8.35. The van der Waals surface area contributed by atoms with E-state index in [9.17, 15) is 14.9 Å². The van der Waals surface area contributed by atoms with Crippen LogP contribution in [0.5, 0.6) is 5.75 Å². The fourth-order valence-corrected chi connectivity index (χ4v) is 3.91. The average Bonchev–Trinajstić information content (AvgIpc) is 3.34. The molecule has 1 saturated heterocycles. The molecule has 28 heavy (non-hydrogen) atoms. The zero-order valence-electron chi connectivity index (χ0n) is 16.4.